The van der Waals surface area contributed by atoms with E-state index in [9.17, 15) is 14.7 Å². The van der Waals surface area contributed by atoms with Gasteiger partial charge >= 0.3 is 6.09 Å². The highest BCUT2D eigenvalue weighted by molar-refractivity contribution is 6.06. The quantitative estimate of drug-likeness (QED) is 0.334. The second kappa shape index (κ2) is 13.0. The van der Waals surface area contributed by atoms with Gasteiger partial charge in [-0.2, -0.15) is 0 Å². The van der Waals surface area contributed by atoms with Gasteiger partial charge in [0, 0.05) is 51.4 Å². The molecule has 0 aliphatic carbocycles. The smallest absolute Gasteiger partial charge is 0.410 e. The number of aromatic nitrogens is 1. The second-order valence-corrected chi connectivity index (χ2v) is 9.95. The molecule has 0 radical (unpaired) electrons. The van der Waals surface area contributed by atoms with Gasteiger partial charge in [0.2, 0.25) is 0 Å². The van der Waals surface area contributed by atoms with Gasteiger partial charge in [0.15, 0.2) is 6.29 Å². The van der Waals surface area contributed by atoms with Crippen molar-refractivity contribution < 1.29 is 24.2 Å². The van der Waals surface area contributed by atoms with Crippen LogP contribution in [0.15, 0.2) is 30.5 Å². The summed E-state index contributed by atoms with van der Waals surface area (Å²) in [4.78, 5) is 33.3. The van der Waals surface area contributed by atoms with E-state index in [0.29, 0.717) is 25.2 Å². The molecule has 1 saturated heterocycles. The van der Waals surface area contributed by atoms with Crippen LogP contribution in [-0.4, -0.2) is 96.7 Å². The first-order valence-electron chi connectivity index (χ1n) is 12.4. The number of piperazine rings is 1. The van der Waals surface area contributed by atoms with Crippen molar-refractivity contribution in [3.05, 3.63) is 41.6 Å². The van der Waals surface area contributed by atoms with Crippen LogP contribution in [0.2, 0.25) is 0 Å². The Morgan fingerprint density at radius 3 is 2.61 bits per heavy atom. The molecule has 1 atom stereocenters. The fraction of sp³-hybridized carbons (Fsp3) is 0.577. The van der Waals surface area contributed by atoms with E-state index in [0.717, 1.165) is 49.1 Å². The Hall–Kier alpha value is -2.79. The Morgan fingerprint density at radius 2 is 1.92 bits per heavy atom. The summed E-state index contributed by atoms with van der Waals surface area (Å²) >= 11 is 0. The number of benzene rings is 1. The van der Waals surface area contributed by atoms with Crippen LogP contribution in [-0.2, 0) is 16.0 Å². The number of nitrogens with one attached hydrogen (secondary N) is 2. The van der Waals surface area contributed by atoms with Crippen molar-refractivity contribution in [2.24, 2.45) is 0 Å². The van der Waals surface area contributed by atoms with Crippen LogP contribution in [0.25, 0.3) is 10.9 Å². The van der Waals surface area contributed by atoms with Crippen LogP contribution >= 0.6 is 0 Å². The van der Waals surface area contributed by atoms with Gasteiger partial charge in [-0.15, -0.1) is 0 Å². The molecule has 36 heavy (non-hydrogen) atoms. The Bertz CT molecular complexity index is 1020. The minimum Gasteiger partial charge on any atom is -0.444 e. The first-order valence-corrected chi connectivity index (χ1v) is 12.4. The van der Waals surface area contributed by atoms with Gasteiger partial charge in [-0.05, 0) is 64.0 Å². The molecule has 1 unspecified atom stereocenters. The number of amides is 2. The van der Waals surface area contributed by atoms with Crippen molar-refractivity contribution >= 4 is 22.9 Å². The third kappa shape index (κ3) is 8.41. The second-order valence-electron chi connectivity index (χ2n) is 9.95. The number of carbonyl (C=O) groups is 2. The molecule has 198 valence electrons. The Morgan fingerprint density at radius 1 is 1.17 bits per heavy atom. The third-order valence-corrected chi connectivity index (χ3v) is 5.94. The average molecular weight is 502 g/mol. The van der Waals surface area contributed by atoms with Crippen molar-refractivity contribution in [1.82, 2.24) is 25.4 Å². The zero-order chi connectivity index (χ0) is 26.1. The van der Waals surface area contributed by atoms with E-state index in [4.69, 9.17) is 9.47 Å². The van der Waals surface area contributed by atoms with Gasteiger partial charge in [-0.3, -0.25) is 14.7 Å². The predicted molar refractivity (Wildman–Crippen MR) is 138 cm³/mol. The molecule has 2 amide bonds. The summed E-state index contributed by atoms with van der Waals surface area (Å²) in [5, 5.41) is 16.4. The van der Waals surface area contributed by atoms with Crippen molar-refractivity contribution in [3.8, 4) is 0 Å². The molecule has 10 heteroatoms. The number of rotatable bonds is 10. The molecule has 2 heterocycles. The number of carbonyl (C=O) groups excluding carboxylic acids is 2. The predicted octanol–water partition coefficient (Wildman–Crippen LogP) is 1.96. The van der Waals surface area contributed by atoms with Crippen LogP contribution in [0.3, 0.4) is 0 Å². The lowest BCUT2D eigenvalue weighted by Crippen LogP contribution is -2.50. The van der Waals surface area contributed by atoms with E-state index < -0.39 is 11.9 Å². The van der Waals surface area contributed by atoms with E-state index >= 15 is 0 Å². The van der Waals surface area contributed by atoms with E-state index in [1.54, 1.807) is 17.2 Å². The average Bonchev–Trinajstić information content (AvgIpc) is 2.85. The number of ether oxygens (including phenoxy) is 2. The standard InChI is InChI=1S/C26H39N5O5/c1-26(2,3)36-25(34)31-14-12-30(13-15-31)11-5-9-27-17-19-6-7-22-21(16-19)20(8-10-28-22)24(33)29-18-23(32)35-4/h6-8,10,16,23,27,32H,5,9,11-15,17-18H2,1-4H3,(H,29,33). The Kier molecular flexibility index (Phi) is 10.0. The van der Waals surface area contributed by atoms with Gasteiger partial charge in [0.25, 0.3) is 5.91 Å². The molecule has 1 aliphatic rings. The SMILES string of the molecule is COC(O)CNC(=O)c1ccnc2ccc(CNCCCN3CCN(C(=O)OC(C)(C)C)CC3)cc12. The summed E-state index contributed by atoms with van der Waals surface area (Å²) in [6, 6.07) is 7.58. The number of aliphatic hydroxyl groups excluding tert-OH is 1. The molecular formula is C26H39N5O5. The lowest BCUT2D eigenvalue weighted by atomic mass is 10.1. The Labute approximate surface area is 212 Å². The van der Waals surface area contributed by atoms with Crippen LogP contribution in [0.4, 0.5) is 4.79 Å². The summed E-state index contributed by atoms with van der Waals surface area (Å²) in [5.74, 6) is -0.282. The maximum atomic E-state index is 12.6. The van der Waals surface area contributed by atoms with E-state index in [1.165, 1.54) is 7.11 Å². The van der Waals surface area contributed by atoms with Crippen molar-refractivity contribution in [2.45, 2.75) is 45.6 Å². The third-order valence-electron chi connectivity index (χ3n) is 5.94. The lowest BCUT2D eigenvalue weighted by molar-refractivity contribution is -0.0694. The van der Waals surface area contributed by atoms with Crippen molar-refractivity contribution in [1.29, 1.82) is 0 Å². The van der Waals surface area contributed by atoms with Gasteiger partial charge in [0.1, 0.15) is 5.60 Å². The lowest BCUT2D eigenvalue weighted by Gasteiger charge is -2.35. The van der Waals surface area contributed by atoms with Crippen LogP contribution in [0.5, 0.6) is 0 Å². The largest absolute Gasteiger partial charge is 0.444 e. The Balaban J connectivity index is 1.42. The number of aliphatic hydroxyl groups is 1. The maximum absolute atomic E-state index is 12.6. The summed E-state index contributed by atoms with van der Waals surface area (Å²) in [6.07, 6.45) is 1.32. The fourth-order valence-electron chi connectivity index (χ4n) is 4.00. The minimum atomic E-state index is -1.05. The molecule has 1 aliphatic heterocycles. The highest BCUT2D eigenvalue weighted by Gasteiger charge is 2.25. The normalized spacial score (nSPS) is 15.6. The number of pyridine rings is 1. The molecule has 1 aromatic heterocycles. The molecule has 1 aromatic carbocycles. The first kappa shape index (κ1) is 27.8. The molecule has 2 aromatic rings. The molecule has 10 nitrogen and oxygen atoms in total. The molecular weight excluding hydrogens is 462 g/mol. The molecule has 0 bridgehead atoms. The monoisotopic (exact) mass is 501 g/mol. The number of nitrogens with zero attached hydrogens (tertiary/aromatic N) is 3. The number of hydrogen-bond donors (Lipinski definition) is 3. The molecule has 1 fully saturated rings. The molecule has 3 N–H and O–H groups in total. The van der Waals surface area contributed by atoms with Gasteiger partial charge < -0.3 is 30.1 Å². The van der Waals surface area contributed by atoms with Gasteiger partial charge in [-0.25, -0.2) is 4.79 Å². The number of fused-ring (bicyclic) bond motifs is 1. The summed E-state index contributed by atoms with van der Waals surface area (Å²) in [5.41, 5.74) is 1.84. The highest BCUT2D eigenvalue weighted by atomic mass is 16.6. The summed E-state index contributed by atoms with van der Waals surface area (Å²) in [6.45, 7) is 11.2. The van der Waals surface area contributed by atoms with Crippen molar-refractivity contribution in [3.63, 3.8) is 0 Å². The van der Waals surface area contributed by atoms with Crippen LogP contribution < -0.4 is 10.6 Å². The number of methoxy groups -OCH3 is 1. The van der Waals surface area contributed by atoms with E-state index in [2.05, 4.69) is 20.5 Å². The number of hydrogen-bond acceptors (Lipinski definition) is 8. The van der Waals surface area contributed by atoms with Crippen LogP contribution in [0.1, 0.15) is 43.1 Å². The summed E-state index contributed by atoms with van der Waals surface area (Å²) < 4.78 is 10.2. The van der Waals surface area contributed by atoms with Gasteiger partial charge in [0.05, 0.1) is 17.6 Å². The minimum absolute atomic E-state index is 0.0104. The van der Waals surface area contributed by atoms with E-state index in [-0.39, 0.29) is 18.5 Å². The van der Waals surface area contributed by atoms with Crippen molar-refractivity contribution in [2.75, 3.05) is 52.9 Å². The fourth-order valence-corrected chi connectivity index (χ4v) is 4.00. The summed E-state index contributed by atoms with van der Waals surface area (Å²) in [7, 11) is 1.38. The zero-order valence-electron chi connectivity index (χ0n) is 21.7. The van der Waals surface area contributed by atoms with Gasteiger partial charge in [-0.1, -0.05) is 6.07 Å². The molecule has 3 rings (SSSR count). The zero-order valence-corrected chi connectivity index (χ0v) is 21.7. The van der Waals surface area contributed by atoms with E-state index in [1.807, 2.05) is 39.0 Å². The first-order chi connectivity index (χ1) is 17.2. The molecule has 0 spiro atoms. The van der Waals surface area contributed by atoms with Crippen LogP contribution in [0, 0.1) is 0 Å². The maximum Gasteiger partial charge on any atom is 0.410 e. The highest BCUT2D eigenvalue weighted by Crippen LogP contribution is 2.19. The molecule has 0 saturated carbocycles. The topological polar surface area (TPSA) is 116 Å².